The summed E-state index contributed by atoms with van der Waals surface area (Å²) in [6.07, 6.45) is 0. The van der Waals surface area contributed by atoms with Gasteiger partial charge in [-0.1, -0.05) is 0 Å². The van der Waals surface area contributed by atoms with Crippen LogP contribution in [0.4, 0.5) is 0 Å². The summed E-state index contributed by atoms with van der Waals surface area (Å²) in [5.74, 6) is 1.55. The van der Waals surface area contributed by atoms with Crippen LogP contribution in [0.2, 0.25) is 0 Å². The van der Waals surface area contributed by atoms with Gasteiger partial charge in [-0.15, -0.1) is 0 Å². The van der Waals surface area contributed by atoms with Crippen LogP contribution in [0.25, 0.3) is 0 Å². The molecule has 0 bridgehead atoms. The predicted molar refractivity (Wildman–Crippen MR) is 65.7 cm³/mol. The van der Waals surface area contributed by atoms with E-state index in [1.807, 2.05) is 19.1 Å². The molecule has 1 aromatic carbocycles. The number of halogens is 1. The second-order valence-electron chi connectivity index (χ2n) is 3.05. The Balaban J connectivity index is 2.98. The molecule has 0 aromatic heterocycles. The molecule has 0 unspecified atom stereocenters. The molecule has 1 N–H and O–H groups in total. The van der Waals surface area contributed by atoms with Crippen molar-refractivity contribution < 1.29 is 14.3 Å². The van der Waals surface area contributed by atoms with E-state index in [1.165, 1.54) is 0 Å². The average molecular weight is 290 g/mol. The largest absolute Gasteiger partial charge is 0.495 e. The number of ether oxygens (including phenoxy) is 2. The Morgan fingerprint density at radius 1 is 1.25 bits per heavy atom. The molecule has 90 valence electrons. The van der Waals surface area contributed by atoms with Crippen molar-refractivity contribution in [3.8, 4) is 11.5 Å². The van der Waals surface area contributed by atoms with Crippen molar-refractivity contribution in [1.29, 1.82) is 0 Å². The van der Waals surface area contributed by atoms with Crippen LogP contribution >= 0.6 is 15.9 Å². The van der Waals surface area contributed by atoms with Gasteiger partial charge in [0.2, 0.25) is 0 Å². The second kappa shape index (κ2) is 6.73. The first kappa shape index (κ1) is 13.3. The van der Waals surface area contributed by atoms with E-state index in [2.05, 4.69) is 21.4 Å². The molecule has 0 aliphatic carbocycles. The molecule has 0 spiro atoms. The lowest BCUT2D eigenvalue weighted by molar-refractivity contribution is 0.0859. The van der Waals surface area contributed by atoms with Crippen molar-refractivity contribution in [1.82, 2.24) is 5.48 Å². The van der Waals surface area contributed by atoms with Gasteiger partial charge in [-0.2, -0.15) is 5.48 Å². The molecule has 16 heavy (non-hydrogen) atoms. The molecule has 0 saturated heterocycles. The van der Waals surface area contributed by atoms with Gasteiger partial charge in [0.25, 0.3) is 0 Å². The van der Waals surface area contributed by atoms with Crippen LogP contribution in [0.1, 0.15) is 12.5 Å². The third-order valence-corrected chi connectivity index (χ3v) is 2.66. The summed E-state index contributed by atoms with van der Waals surface area (Å²) in [5.41, 5.74) is 3.80. The van der Waals surface area contributed by atoms with Gasteiger partial charge in [-0.05, 0) is 28.9 Å². The van der Waals surface area contributed by atoms with Gasteiger partial charge in [-0.3, -0.25) is 0 Å². The fourth-order valence-electron chi connectivity index (χ4n) is 1.31. The Hall–Kier alpha value is -0.780. The number of hydrogen-bond donors (Lipinski definition) is 1. The smallest absolute Gasteiger partial charge is 0.136 e. The summed E-state index contributed by atoms with van der Waals surface area (Å²) in [7, 11) is 3.21. The first-order valence-corrected chi connectivity index (χ1v) is 5.77. The Morgan fingerprint density at radius 3 is 2.56 bits per heavy atom. The van der Waals surface area contributed by atoms with E-state index in [9.17, 15) is 0 Å². The number of nitrogens with one attached hydrogen (secondary N) is 1. The number of benzene rings is 1. The zero-order chi connectivity index (χ0) is 12.0. The Morgan fingerprint density at radius 2 is 2.00 bits per heavy atom. The van der Waals surface area contributed by atoms with Gasteiger partial charge >= 0.3 is 0 Å². The molecule has 0 saturated carbocycles. The molecule has 1 aromatic rings. The fraction of sp³-hybridized carbons (Fsp3) is 0.455. The lowest BCUT2D eigenvalue weighted by Crippen LogP contribution is -2.12. The summed E-state index contributed by atoms with van der Waals surface area (Å²) in [6.45, 7) is 3.14. The number of methoxy groups -OCH3 is 1. The molecular weight excluding hydrogens is 274 g/mol. The first-order chi connectivity index (χ1) is 7.72. The standard InChI is InChI=1S/C11H16BrNO3/c1-4-16-10-6-11(14-2)9(12)5-8(10)7-13-15-3/h5-6,13H,4,7H2,1-3H3. The average Bonchev–Trinajstić information content (AvgIpc) is 2.29. The molecule has 0 amide bonds. The topological polar surface area (TPSA) is 39.7 Å². The van der Waals surface area contributed by atoms with Gasteiger partial charge < -0.3 is 14.3 Å². The van der Waals surface area contributed by atoms with Crippen molar-refractivity contribution >= 4 is 15.9 Å². The molecule has 0 atom stereocenters. The Kier molecular flexibility index (Phi) is 5.59. The summed E-state index contributed by atoms with van der Waals surface area (Å²) in [4.78, 5) is 4.82. The van der Waals surface area contributed by atoms with Crippen molar-refractivity contribution in [2.75, 3.05) is 20.8 Å². The number of rotatable bonds is 6. The van der Waals surface area contributed by atoms with Gasteiger partial charge in [0.15, 0.2) is 0 Å². The normalized spacial score (nSPS) is 10.2. The van der Waals surface area contributed by atoms with E-state index in [1.54, 1.807) is 14.2 Å². The summed E-state index contributed by atoms with van der Waals surface area (Å²) < 4.78 is 11.6. The highest BCUT2D eigenvalue weighted by Crippen LogP contribution is 2.32. The van der Waals surface area contributed by atoms with Crippen LogP contribution in [0.15, 0.2) is 16.6 Å². The van der Waals surface area contributed by atoms with Gasteiger partial charge in [0.05, 0.1) is 25.3 Å². The molecule has 4 nitrogen and oxygen atoms in total. The van der Waals surface area contributed by atoms with E-state index in [0.29, 0.717) is 13.2 Å². The summed E-state index contributed by atoms with van der Waals surface area (Å²) in [5, 5.41) is 0. The van der Waals surface area contributed by atoms with Gasteiger partial charge in [0.1, 0.15) is 11.5 Å². The molecular formula is C11H16BrNO3. The Labute approximate surface area is 104 Å². The van der Waals surface area contributed by atoms with Gasteiger partial charge in [0, 0.05) is 18.2 Å². The van der Waals surface area contributed by atoms with E-state index in [4.69, 9.17) is 14.3 Å². The maximum absolute atomic E-state index is 5.54. The van der Waals surface area contributed by atoms with Crippen LogP contribution in [-0.2, 0) is 11.4 Å². The first-order valence-electron chi connectivity index (χ1n) is 4.98. The van der Waals surface area contributed by atoms with Gasteiger partial charge in [-0.25, -0.2) is 0 Å². The molecule has 0 fully saturated rings. The molecule has 0 aliphatic heterocycles. The maximum atomic E-state index is 5.54. The van der Waals surface area contributed by atoms with Crippen molar-refractivity contribution in [2.24, 2.45) is 0 Å². The molecule has 0 radical (unpaired) electrons. The highest BCUT2D eigenvalue weighted by Gasteiger charge is 2.09. The van der Waals surface area contributed by atoms with E-state index >= 15 is 0 Å². The van der Waals surface area contributed by atoms with Crippen molar-refractivity contribution in [2.45, 2.75) is 13.5 Å². The van der Waals surface area contributed by atoms with E-state index < -0.39 is 0 Å². The minimum Gasteiger partial charge on any atom is -0.495 e. The predicted octanol–water partition coefficient (Wildman–Crippen LogP) is 2.51. The van der Waals surface area contributed by atoms with Crippen LogP contribution in [0.5, 0.6) is 11.5 Å². The molecule has 1 rings (SSSR count). The number of hydroxylamine groups is 1. The highest BCUT2D eigenvalue weighted by atomic mass is 79.9. The van der Waals surface area contributed by atoms with Crippen LogP contribution in [0, 0.1) is 0 Å². The quantitative estimate of drug-likeness (QED) is 0.817. The molecule has 5 heteroatoms. The third-order valence-electron chi connectivity index (χ3n) is 2.04. The Bertz CT molecular complexity index is 344. The lowest BCUT2D eigenvalue weighted by Gasteiger charge is -2.13. The number of hydrogen-bond acceptors (Lipinski definition) is 4. The fourth-order valence-corrected chi connectivity index (χ4v) is 1.86. The maximum Gasteiger partial charge on any atom is 0.136 e. The summed E-state index contributed by atoms with van der Waals surface area (Å²) in [6, 6.07) is 3.82. The lowest BCUT2D eigenvalue weighted by atomic mass is 10.2. The van der Waals surface area contributed by atoms with E-state index in [0.717, 1.165) is 21.5 Å². The molecule has 0 heterocycles. The highest BCUT2D eigenvalue weighted by molar-refractivity contribution is 9.10. The van der Waals surface area contributed by atoms with Crippen molar-refractivity contribution in [3.05, 3.63) is 22.2 Å². The van der Waals surface area contributed by atoms with Crippen LogP contribution < -0.4 is 15.0 Å². The second-order valence-corrected chi connectivity index (χ2v) is 3.91. The van der Waals surface area contributed by atoms with E-state index in [-0.39, 0.29) is 0 Å². The van der Waals surface area contributed by atoms with Crippen molar-refractivity contribution in [3.63, 3.8) is 0 Å². The summed E-state index contributed by atoms with van der Waals surface area (Å²) >= 11 is 3.44. The van der Waals surface area contributed by atoms with Crippen LogP contribution in [0.3, 0.4) is 0 Å². The molecule has 0 aliphatic rings. The minimum atomic E-state index is 0.578. The monoisotopic (exact) mass is 289 g/mol. The van der Waals surface area contributed by atoms with Crippen LogP contribution in [-0.4, -0.2) is 20.8 Å². The SMILES string of the molecule is CCOc1cc(OC)c(Br)cc1CNOC. The zero-order valence-corrected chi connectivity index (χ0v) is 11.3. The zero-order valence-electron chi connectivity index (χ0n) is 9.67. The third kappa shape index (κ3) is 3.37. The minimum absolute atomic E-state index is 0.578.